The van der Waals surface area contributed by atoms with Crippen molar-refractivity contribution in [1.29, 1.82) is 0 Å². The van der Waals surface area contributed by atoms with Gasteiger partial charge in [-0.3, -0.25) is 4.79 Å². The largest absolute Gasteiger partial charge is 0.417 e. The van der Waals surface area contributed by atoms with Crippen LogP contribution in [0.4, 0.5) is 19.0 Å². The first-order valence-corrected chi connectivity index (χ1v) is 7.87. The second kappa shape index (κ2) is 8.50. The maximum absolute atomic E-state index is 13.0. The summed E-state index contributed by atoms with van der Waals surface area (Å²) in [6.45, 7) is 0.704. The van der Waals surface area contributed by atoms with Crippen LogP contribution in [0.15, 0.2) is 42.6 Å². The number of amides is 1. The lowest BCUT2D eigenvalue weighted by Crippen LogP contribution is -2.20. The number of carbonyl (C=O) groups is 1. The summed E-state index contributed by atoms with van der Waals surface area (Å²) in [5.74, 6) is -0.295. The van der Waals surface area contributed by atoms with E-state index in [0.717, 1.165) is 24.7 Å². The average molecular weight is 350 g/mol. The van der Waals surface area contributed by atoms with Gasteiger partial charge < -0.3 is 11.1 Å². The summed E-state index contributed by atoms with van der Waals surface area (Å²) in [5, 5.41) is 3.15. The average Bonchev–Trinajstić information content (AvgIpc) is 2.57. The fourth-order valence-electron chi connectivity index (χ4n) is 2.46. The topological polar surface area (TPSA) is 68.0 Å². The number of benzene rings is 1. The molecule has 1 aromatic heterocycles. The van der Waals surface area contributed by atoms with Gasteiger partial charge in [0.25, 0.3) is 0 Å². The smallest absolute Gasteiger partial charge is 0.370 e. The van der Waals surface area contributed by atoms with Crippen LogP contribution < -0.4 is 11.1 Å². The van der Waals surface area contributed by atoms with E-state index in [0.29, 0.717) is 13.0 Å². The van der Waals surface area contributed by atoms with Crippen LogP contribution in [0.3, 0.4) is 0 Å². The van der Waals surface area contributed by atoms with Crippen molar-refractivity contribution in [1.82, 2.24) is 4.98 Å². The first-order valence-electron chi connectivity index (χ1n) is 7.87. The van der Waals surface area contributed by atoms with Crippen molar-refractivity contribution >= 4 is 11.7 Å². The lowest BCUT2D eigenvalue weighted by Gasteiger charge is -2.14. The first-order chi connectivity index (χ1) is 11.9. The maximum atomic E-state index is 13.0. The zero-order valence-electron chi connectivity index (χ0n) is 13.5. The molecule has 0 saturated carbocycles. The number of nitrogens with two attached hydrogens (primary N) is 1. The van der Waals surface area contributed by atoms with Crippen molar-refractivity contribution in [3.63, 3.8) is 0 Å². The number of halogens is 3. The number of carbonyl (C=O) groups excluding carboxylic acids is 1. The van der Waals surface area contributed by atoms with Crippen molar-refractivity contribution in [2.24, 2.45) is 5.73 Å². The van der Waals surface area contributed by atoms with E-state index in [1.54, 1.807) is 12.6 Å². The Bertz CT molecular complexity index is 702. The van der Waals surface area contributed by atoms with E-state index in [4.69, 9.17) is 5.73 Å². The van der Waals surface area contributed by atoms with Gasteiger partial charge in [0.15, 0.2) is 0 Å². The number of nitrogens with zero attached hydrogens (tertiary/aromatic N) is 1. The number of aromatic nitrogens is 1. The highest BCUT2D eigenvalue weighted by Crippen LogP contribution is 2.34. The quantitative estimate of drug-likeness (QED) is 0.706. The second-order valence-electron chi connectivity index (χ2n) is 5.47. The highest BCUT2D eigenvalue weighted by Gasteiger charge is 2.35. The van der Waals surface area contributed by atoms with E-state index < -0.39 is 23.2 Å². The number of primary amides is 1. The zero-order chi connectivity index (χ0) is 18.3. The van der Waals surface area contributed by atoms with Gasteiger partial charge >= 0.3 is 6.18 Å². The lowest BCUT2D eigenvalue weighted by molar-refractivity contribution is -0.137. The fraction of sp³-hybridized carbons (Fsp3) is 0.278. The van der Waals surface area contributed by atoms with Gasteiger partial charge in [-0.2, -0.15) is 13.2 Å². The molecule has 1 aromatic carbocycles. The molecule has 0 spiro atoms. The molecule has 1 heterocycles. The van der Waals surface area contributed by atoms with E-state index in [1.807, 2.05) is 18.2 Å². The van der Waals surface area contributed by atoms with Gasteiger partial charge in [-0.15, -0.1) is 0 Å². The summed E-state index contributed by atoms with van der Waals surface area (Å²) >= 11 is 0. The molecule has 1 radical (unpaired) electrons. The van der Waals surface area contributed by atoms with Crippen LogP contribution in [0.5, 0.6) is 0 Å². The van der Waals surface area contributed by atoms with E-state index >= 15 is 0 Å². The number of alkyl halides is 3. The normalized spacial score (nSPS) is 11.3. The summed E-state index contributed by atoms with van der Waals surface area (Å²) in [7, 11) is 0. The number of pyridine rings is 1. The molecule has 0 saturated heterocycles. The molecule has 0 bridgehead atoms. The maximum Gasteiger partial charge on any atom is 0.417 e. The van der Waals surface area contributed by atoms with Crippen molar-refractivity contribution < 1.29 is 18.0 Å². The molecule has 25 heavy (non-hydrogen) atoms. The number of anilines is 1. The molecule has 4 nitrogen and oxygen atoms in total. The molecule has 133 valence electrons. The fourth-order valence-corrected chi connectivity index (χ4v) is 2.46. The molecule has 0 fully saturated rings. The molecule has 2 rings (SSSR count). The Morgan fingerprint density at radius 1 is 1.16 bits per heavy atom. The van der Waals surface area contributed by atoms with Crippen LogP contribution >= 0.6 is 0 Å². The molecule has 0 aliphatic carbocycles. The van der Waals surface area contributed by atoms with Gasteiger partial charge in [-0.1, -0.05) is 24.6 Å². The van der Waals surface area contributed by atoms with E-state index in [9.17, 15) is 18.0 Å². The van der Waals surface area contributed by atoms with Crippen LogP contribution in [-0.2, 0) is 6.18 Å². The Morgan fingerprint density at radius 3 is 2.60 bits per heavy atom. The minimum Gasteiger partial charge on any atom is -0.370 e. The first kappa shape index (κ1) is 18.8. The molecule has 1 amide bonds. The van der Waals surface area contributed by atoms with Gasteiger partial charge in [0, 0.05) is 12.7 Å². The van der Waals surface area contributed by atoms with Crippen LogP contribution in [0.25, 0.3) is 0 Å². The van der Waals surface area contributed by atoms with Crippen molar-refractivity contribution in [3.05, 3.63) is 65.7 Å². The van der Waals surface area contributed by atoms with Gasteiger partial charge in [-0.05, 0) is 43.0 Å². The Balaban J connectivity index is 1.87. The minimum atomic E-state index is -4.61. The zero-order valence-corrected chi connectivity index (χ0v) is 13.5. The third-order valence-electron chi connectivity index (χ3n) is 3.61. The molecular weight excluding hydrogens is 331 g/mol. The van der Waals surface area contributed by atoms with Crippen LogP contribution in [-0.4, -0.2) is 17.4 Å². The summed E-state index contributed by atoms with van der Waals surface area (Å²) < 4.78 is 39.0. The number of rotatable bonds is 8. The summed E-state index contributed by atoms with van der Waals surface area (Å²) in [4.78, 5) is 15.6. The molecule has 0 aliphatic heterocycles. The number of hydrogen-bond acceptors (Lipinski definition) is 3. The molecule has 2 aromatic rings. The minimum absolute atomic E-state index is 0.222. The van der Waals surface area contributed by atoms with E-state index in [2.05, 4.69) is 10.3 Å². The Labute approximate surface area is 144 Å². The van der Waals surface area contributed by atoms with Crippen molar-refractivity contribution in [2.75, 3.05) is 11.9 Å². The Hall–Kier alpha value is -2.57. The van der Waals surface area contributed by atoms with Crippen molar-refractivity contribution in [2.45, 2.75) is 25.4 Å². The molecule has 7 heteroatoms. The van der Waals surface area contributed by atoms with Crippen LogP contribution in [0.1, 0.15) is 40.7 Å². The summed E-state index contributed by atoms with van der Waals surface area (Å²) in [6, 6.07) is 9.18. The molecule has 0 unspecified atom stereocenters. The van der Waals surface area contributed by atoms with Gasteiger partial charge in [0.1, 0.15) is 5.82 Å². The third kappa shape index (κ3) is 5.48. The molecule has 3 N–H and O–H groups in total. The van der Waals surface area contributed by atoms with Gasteiger partial charge in [0.2, 0.25) is 5.91 Å². The molecule has 0 atom stereocenters. The number of hydrogen-bond donors (Lipinski definition) is 2. The van der Waals surface area contributed by atoms with Gasteiger partial charge in [0.05, 0.1) is 11.1 Å². The highest BCUT2D eigenvalue weighted by molar-refractivity contribution is 5.96. The highest BCUT2D eigenvalue weighted by atomic mass is 19.4. The van der Waals surface area contributed by atoms with Gasteiger partial charge in [-0.25, -0.2) is 4.98 Å². The molecule has 0 aliphatic rings. The Kier molecular flexibility index (Phi) is 6.38. The van der Waals surface area contributed by atoms with E-state index in [-0.39, 0.29) is 5.56 Å². The SMILES string of the molecule is NC(=O)c1c([CH]CCCCNc2ccccn2)cccc1C(F)(F)F. The van der Waals surface area contributed by atoms with E-state index in [1.165, 1.54) is 12.1 Å². The monoisotopic (exact) mass is 350 g/mol. The lowest BCUT2D eigenvalue weighted by atomic mass is 9.96. The van der Waals surface area contributed by atoms with Crippen LogP contribution in [0.2, 0.25) is 0 Å². The second-order valence-corrected chi connectivity index (χ2v) is 5.47. The number of nitrogens with one attached hydrogen (secondary N) is 1. The predicted molar refractivity (Wildman–Crippen MR) is 89.9 cm³/mol. The predicted octanol–water partition coefficient (Wildman–Crippen LogP) is 4.03. The summed E-state index contributed by atoms with van der Waals surface area (Å²) in [6.07, 6.45) is 0.823. The Morgan fingerprint density at radius 2 is 1.96 bits per heavy atom. The van der Waals surface area contributed by atoms with Crippen LogP contribution in [0, 0.1) is 6.42 Å². The third-order valence-corrected chi connectivity index (χ3v) is 3.61. The van der Waals surface area contributed by atoms with Crippen molar-refractivity contribution in [3.8, 4) is 0 Å². The standard InChI is InChI=1S/C18H19F3N3O/c19-18(20,21)14-9-6-8-13(16(14)17(22)25)7-2-1-4-11-23-15-10-3-5-12-24-15/h3,5-10,12H,1-2,4,11H2,(H2,22,25)(H,23,24). The number of unbranched alkanes of at least 4 members (excludes halogenated alkanes) is 2. The summed E-state index contributed by atoms with van der Waals surface area (Å²) in [5.41, 5.74) is 3.91. The molecular formula is C18H19F3N3O.